The molecular formula is C18H27N3O2S. The minimum Gasteiger partial charge on any atom is -0.368 e. The molecule has 2 rings (SSSR count). The van der Waals surface area contributed by atoms with E-state index in [-0.39, 0.29) is 23.1 Å². The number of hydrogen-bond donors (Lipinski definition) is 2. The maximum Gasteiger partial charge on any atom is 0.237 e. The summed E-state index contributed by atoms with van der Waals surface area (Å²) < 4.78 is 0. The smallest absolute Gasteiger partial charge is 0.237 e. The number of para-hydroxylation sites is 1. The lowest BCUT2D eigenvalue weighted by molar-refractivity contribution is -0.122. The first-order valence-electron chi connectivity index (χ1n) is 8.46. The van der Waals surface area contributed by atoms with E-state index in [9.17, 15) is 9.59 Å². The quantitative estimate of drug-likeness (QED) is 0.793. The van der Waals surface area contributed by atoms with Gasteiger partial charge in [-0.2, -0.15) is 0 Å². The van der Waals surface area contributed by atoms with Gasteiger partial charge in [-0.1, -0.05) is 32.0 Å². The maximum atomic E-state index is 12.4. The zero-order valence-electron chi connectivity index (χ0n) is 14.6. The van der Waals surface area contributed by atoms with Crippen LogP contribution in [0, 0.1) is 0 Å². The molecule has 1 fully saturated rings. The van der Waals surface area contributed by atoms with Crippen molar-refractivity contribution in [2.45, 2.75) is 56.7 Å². The van der Waals surface area contributed by atoms with Gasteiger partial charge in [-0.3, -0.25) is 14.5 Å². The molecule has 1 aliphatic heterocycles. The molecule has 5 nitrogen and oxygen atoms in total. The number of benzene rings is 1. The molecule has 24 heavy (non-hydrogen) atoms. The lowest BCUT2D eigenvalue weighted by atomic mass is 10.1. The summed E-state index contributed by atoms with van der Waals surface area (Å²) in [6, 6.07) is 7.56. The average molecular weight is 350 g/mol. The number of anilines is 1. The zero-order valence-corrected chi connectivity index (χ0v) is 15.4. The first-order valence-corrected chi connectivity index (χ1v) is 9.40. The van der Waals surface area contributed by atoms with Gasteiger partial charge in [-0.15, -0.1) is 11.8 Å². The summed E-state index contributed by atoms with van der Waals surface area (Å²) in [5.41, 5.74) is 7.32. The molecule has 0 aromatic heterocycles. The summed E-state index contributed by atoms with van der Waals surface area (Å²) in [6.07, 6.45) is 1.79. The number of rotatable bonds is 7. The van der Waals surface area contributed by atoms with Crippen molar-refractivity contribution in [2.24, 2.45) is 5.73 Å². The molecule has 0 radical (unpaired) electrons. The molecule has 1 aromatic rings. The number of carbonyl (C=O) groups excluding carboxylic acids is 2. The highest BCUT2D eigenvalue weighted by molar-refractivity contribution is 8.01. The van der Waals surface area contributed by atoms with Crippen molar-refractivity contribution in [3.05, 3.63) is 29.8 Å². The van der Waals surface area contributed by atoms with Crippen LogP contribution in [0.2, 0.25) is 0 Å². The van der Waals surface area contributed by atoms with Crippen LogP contribution in [0.25, 0.3) is 0 Å². The number of primary amides is 1. The first kappa shape index (κ1) is 18.8. The van der Waals surface area contributed by atoms with Crippen LogP contribution in [0.1, 0.15) is 39.2 Å². The summed E-state index contributed by atoms with van der Waals surface area (Å²) in [7, 11) is 0. The van der Waals surface area contributed by atoms with Crippen LogP contribution >= 0.6 is 11.8 Å². The second-order valence-electron chi connectivity index (χ2n) is 6.50. The number of likely N-dealkylation sites (tertiary alicyclic amines) is 1. The molecule has 0 aliphatic carbocycles. The van der Waals surface area contributed by atoms with Crippen molar-refractivity contribution in [3.8, 4) is 0 Å². The predicted molar refractivity (Wildman–Crippen MR) is 99.9 cm³/mol. The van der Waals surface area contributed by atoms with Gasteiger partial charge in [-0.05, 0) is 43.2 Å². The molecular weight excluding hydrogens is 322 g/mol. The van der Waals surface area contributed by atoms with Gasteiger partial charge < -0.3 is 11.1 Å². The van der Waals surface area contributed by atoms with E-state index in [1.54, 1.807) is 11.8 Å². The highest BCUT2D eigenvalue weighted by atomic mass is 32.2. The van der Waals surface area contributed by atoms with Crippen LogP contribution in [0.15, 0.2) is 24.3 Å². The Morgan fingerprint density at radius 3 is 2.71 bits per heavy atom. The third-order valence-electron chi connectivity index (χ3n) is 4.19. The van der Waals surface area contributed by atoms with Crippen molar-refractivity contribution in [1.29, 1.82) is 0 Å². The molecule has 0 spiro atoms. The lowest BCUT2D eigenvalue weighted by Crippen LogP contribution is -2.39. The molecule has 0 saturated carbocycles. The highest BCUT2D eigenvalue weighted by Crippen LogP contribution is 2.25. The molecule has 1 aliphatic rings. The number of thioether (sulfide) groups is 1. The molecule has 2 amide bonds. The van der Waals surface area contributed by atoms with Crippen LogP contribution in [0.3, 0.4) is 0 Å². The number of hydrogen-bond acceptors (Lipinski definition) is 4. The Bertz CT molecular complexity index is 591. The monoisotopic (exact) mass is 349 g/mol. The summed E-state index contributed by atoms with van der Waals surface area (Å²) in [5.74, 6) is -0.259. The normalized spacial score (nSPS) is 19.4. The summed E-state index contributed by atoms with van der Waals surface area (Å²) >= 11 is 1.64. The molecule has 2 atom stereocenters. The molecule has 132 valence electrons. The van der Waals surface area contributed by atoms with Crippen molar-refractivity contribution in [3.63, 3.8) is 0 Å². The Labute approximate surface area is 148 Å². The van der Waals surface area contributed by atoms with Gasteiger partial charge in [0.25, 0.3) is 0 Å². The highest BCUT2D eigenvalue weighted by Gasteiger charge is 2.29. The second-order valence-corrected chi connectivity index (χ2v) is 8.43. The van der Waals surface area contributed by atoms with Gasteiger partial charge in [0.05, 0.1) is 11.3 Å². The standard InChI is InChI=1S/C18H27N3O2S/c1-12(2)24-13(3)18(23)20-15-8-5-4-7-14(15)11-21-10-6-9-16(21)17(19)22/h4-5,7-8,12-13,16H,6,9-11H2,1-3H3,(H2,19,22)(H,20,23)/t13-,16-/m1/s1. The summed E-state index contributed by atoms with van der Waals surface area (Å²) in [6.45, 7) is 7.57. The van der Waals surface area contributed by atoms with Crippen molar-refractivity contribution < 1.29 is 9.59 Å². The van der Waals surface area contributed by atoms with Crippen LogP contribution in [-0.4, -0.2) is 39.8 Å². The number of nitrogens with one attached hydrogen (secondary N) is 1. The minimum absolute atomic E-state index is 0.00835. The van der Waals surface area contributed by atoms with E-state index >= 15 is 0 Å². The second kappa shape index (κ2) is 8.53. The fraction of sp³-hybridized carbons (Fsp3) is 0.556. The van der Waals surface area contributed by atoms with E-state index in [1.165, 1.54) is 0 Å². The van der Waals surface area contributed by atoms with Crippen molar-refractivity contribution in [2.75, 3.05) is 11.9 Å². The van der Waals surface area contributed by atoms with Crippen LogP contribution in [-0.2, 0) is 16.1 Å². The number of amides is 2. The predicted octanol–water partition coefficient (Wildman–Crippen LogP) is 2.60. The van der Waals surface area contributed by atoms with E-state index < -0.39 is 0 Å². The lowest BCUT2D eigenvalue weighted by Gasteiger charge is -2.23. The van der Waals surface area contributed by atoms with Crippen molar-refractivity contribution in [1.82, 2.24) is 4.90 Å². The van der Waals surface area contributed by atoms with Gasteiger partial charge in [-0.25, -0.2) is 0 Å². The minimum atomic E-state index is -0.268. The molecule has 0 bridgehead atoms. The van der Waals surface area contributed by atoms with Crippen LogP contribution in [0.4, 0.5) is 5.69 Å². The van der Waals surface area contributed by atoms with Crippen LogP contribution < -0.4 is 11.1 Å². The number of nitrogens with two attached hydrogens (primary N) is 1. The average Bonchev–Trinajstić information content (AvgIpc) is 2.97. The summed E-state index contributed by atoms with van der Waals surface area (Å²) in [4.78, 5) is 26.1. The SMILES string of the molecule is CC(C)S[C@H](C)C(=O)Nc1ccccc1CN1CCC[C@@H]1C(N)=O. The Balaban J connectivity index is 2.07. The van der Waals surface area contributed by atoms with Crippen molar-refractivity contribution >= 4 is 29.3 Å². The van der Waals surface area contributed by atoms with Gasteiger partial charge in [0.2, 0.25) is 11.8 Å². The van der Waals surface area contributed by atoms with E-state index in [1.807, 2.05) is 31.2 Å². The Morgan fingerprint density at radius 2 is 2.04 bits per heavy atom. The van der Waals surface area contributed by atoms with E-state index in [0.29, 0.717) is 11.8 Å². The number of carbonyl (C=O) groups is 2. The molecule has 6 heteroatoms. The van der Waals surface area contributed by atoms with Gasteiger partial charge in [0, 0.05) is 12.2 Å². The fourth-order valence-corrected chi connectivity index (χ4v) is 4.04. The van der Waals surface area contributed by atoms with Gasteiger partial charge in [0.15, 0.2) is 0 Å². The van der Waals surface area contributed by atoms with E-state index in [4.69, 9.17) is 5.73 Å². The van der Waals surface area contributed by atoms with E-state index in [2.05, 4.69) is 24.1 Å². The van der Waals surface area contributed by atoms with E-state index in [0.717, 1.165) is 30.6 Å². The Hall–Kier alpha value is -1.53. The molecule has 1 saturated heterocycles. The zero-order chi connectivity index (χ0) is 17.7. The Morgan fingerprint density at radius 1 is 1.33 bits per heavy atom. The molecule has 3 N–H and O–H groups in total. The Kier molecular flexibility index (Phi) is 6.69. The molecule has 0 unspecified atom stereocenters. The topological polar surface area (TPSA) is 75.4 Å². The largest absolute Gasteiger partial charge is 0.368 e. The first-order chi connectivity index (χ1) is 11.4. The molecule has 1 aromatic carbocycles. The van der Waals surface area contributed by atoms with Gasteiger partial charge in [0.1, 0.15) is 0 Å². The third kappa shape index (κ3) is 4.98. The van der Waals surface area contributed by atoms with Gasteiger partial charge >= 0.3 is 0 Å². The number of nitrogens with zero attached hydrogens (tertiary/aromatic N) is 1. The molecule has 1 heterocycles. The summed E-state index contributed by atoms with van der Waals surface area (Å²) in [5, 5.41) is 3.33. The third-order valence-corrected chi connectivity index (χ3v) is 5.35. The van der Waals surface area contributed by atoms with Crippen LogP contribution in [0.5, 0.6) is 0 Å². The fourth-order valence-electron chi connectivity index (χ4n) is 3.04. The maximum absolute atomic E-state index is 12.4.